The number of aryl methyl sites for hydroxylation is 1. The van der Waals surface area contributed by atoms with Crippen LogP contribution in [0.5, 0.6) is 5.75 Å². The number of halogens is 1. The van der Waals surface area contributed by atoms with Gasteiger partial charge in [0, 0.05) is 54.7 Å². The standard InChI is InChI=1S/C37H44ClN3O5S/c1-24(21-47-36-39-14-4-15-40-36)46-29-12-16-44-34(19-29)30-9-6-27(30)20-41-22-37(13-3-5-25-17-28(38)8-10-31(25)37)23-45-33-11-7-26(18-32(33)41)35(42)43-2/h4,7-8,10-11,14-15,17-18,24,27,29-30,34H,3,5-6,9,12-13,16,19-23H2,1-2H3/t24-,27+,29+,30-,34+,37+/m1/s1. The Bertz CT molecular complexity index is 1560. The molecule has 4 aliphatic rings. The molecular formula is C37H44ClN3O5S. The molecule has 1 saturated heterocycles. The topological polar surface area (TPSA) is 83.0 Å². The SMILES string of the molecule is COC(=O)c1ccc2c(c1)N(C[C@@H]1CC[C@H]1[C@@H]1C[C@@H](O[C@H](C)CSc3ncccn3)CCO1)C[C@@]1(CCCc3cc(Cl)ccc31)CO2. The Morgan fingerprint density at radius 3 is 2.85 bits per heavy atom. The summed E-state index contributed by atoms with van der Waals surface area (Å²) in [7, 11) is 1.43. The second-order valence-corrected chi connectivity index (χ2v) is 15.0. The first kappa shape index (κ1) is 32.7. The number of hydrogen-bond donors (Lipinski definition) is 0. The van der Waals surface area contributed by atoms with Crippen molar-refractivity contribution in [1.29, 1.82) is 0 Å². The van der Waals surface area contributed by atoms with Crippen LogP contribution in [-0.4, -0.2) is 73.4 Å². The van der Waals surface area contributed by atoms with Crippen LogP contribution in [0.2, 0.25) is 5.02 Å². The predicted octanol–water partition coefficient (Wildman–Crippen LogP) is 7.16. The maximum atomic E-state index is 12.6. The van der Waals surface area contributed by atoms with Gasteiger partial charge in [0.1, 0.15) is 5.75 Å². The molecule has 1 saturated carbocycles. The normalized spacial score (nSPS) is 27.5. The van der Waals surface area contributed by atoms with Crippen molar-refractivity contribution in [2.75, 3.05) is 44.1 Å². The Kier molecular flexibility index (Phi) is 9.96. The van der Waals surface area contributed by atoms with Crippen LogP contribution in [0, 0.1) is 11.8 Å². The van der Waals surface area contributed by atoms with Crippen molar-refractivity contribution in [3.05, 3.63) is 76.6 Å². The third-order valence-corrected chi connectivity index (χ3v) is 11.9. The molecule has 2 fully saturated rings. The lowest BCUT2D eigenvalue weighted by Crippen LogP contribution is -2.51. The van der Waals surface area contributed by atoms with Gasteiger partial charge in [0.05, 0.1) is 43.3 Å². The van der Waals surface area contributed by atoms with Gasteiger partial charge in [0.25, 0.3) is 0 Å². The molecule has 6 atom stereocenters. The molecule has 10 heteroatoms. The van der Waals surface area contributed by atoms with E-state index in [-0.39, 0.29) is 29.7 Å². The lowest BCUT2D eigenvalue weighted by Gasteiger charge is -2.48. The number of ether oxygens (including phenoxy) is 4. The molecular weight excluding hydrogens is 634 g/mol. The third-order valence-electron chi connectivity index (χ3n) is 10.5. The first-order valence-corrected chi connectivity index (χ1v) is 18.3. The molecule has 8 nitrogen and oxygen atoms in total. The van der Waals surface area contributed by atoms with Crippen LogP contribution in [0.1, 0.15) is 66.9 Å². The zero-order valence-electron chi connectivity index (χ0n) is 27.2. The van der Waals surface area contributed by atoms with Gasteiger partial charge in [0.2, 0.25) is 0 Å². The van der Waals surface area contributed by atoms with Crippen LogP contribution in [0.4, 0.5) is 5.69 Å². The first-order valence-electron chi connectivity index (χ1n) is 17.0. The predicted molar refractivity (Wildman–Crippen MR) is 184 cm³/mol. The number of carbonyl (C=O) groups excluding carboxylic acids is 1. The Balaban J connectivity index is 1.08. The third kappa shape index (κ3) is 7.14. The van der Waals surface area contributed by atoms with Crippen molar-refractivity contribution in [1.82, 2.24) is 9.97 Å². The zero-order chi connectivity index (χ0) is 32.4. The summed E-state index contributed by atoms with van der Waals surface area (Å²) in [6.45, 7) is 5.16. The van der Waals surface area contributed by atoms with E-state index in [0.717, 1.165) is 92.0 Å². The highest BCUT2D eigenvalue weighted by Gasteiger charge is 2.45. The number of fused-ring (bicyclic) bond motifs is 3. The van der Waals surface area contributed by atoms with Gasteiger partial charge in [-0.2, -0.15) is 0 Å². The number of rotatable bonds is 9. The summed E-state index contributed by atoms with van der Waals surface area (Å²) in [4.78, 5) is 23.8. The maximum absolute atomic E-state index is 12.6. The first-order chi connectivity index (χ1) is 22.9. The number of carbonyl (C=O) groups is 1. The molecule has 3 heterocycles. The van der Waals surface area contributed by atoms with Crippen LogP contribution in [0.15, 0.2) is 60.0 Å². The second-order valence-electron chi connectivity index (χ2n) is 13.6. The number of nitrogens with zero attached hydrogens (tertiary/aromatic N) is 3. The van der Waals surface area contributed by atoms with Gasteiger partial charge in [-0.25, -0.2) is 14.8 Å². The summed E-state index contributed by atoms with van der Waals surface area (Å²) in [5.74, 6) is 2.24. The number of anilines is 1. The fourth-order valence-electron chi connectivity index (χ4n) is 8.09. The lowest BCUT2D eigenvalue weighted by atomic mass is 9.67. The molecule has 47 heavy (non-hydrogen) atoms. The van der Waals surface area contributed by atoms with Gasteiger partial charge >= 0.3 is 5.97 Å². The minimum Gasteiger partial charge on any atom is -0.490 e. The van der Waals surface area contributed by atoms with Gasteiger partial charge in [-0.3, -0.25) is 0 Å². The summed E-state index contributed by atoms with van der Waals surface area (Å²) < 4.78 is 24.7. The Morgan fingerprint density at radius 1 is 1.17 bits per heavy atom. The van der Waals surface area contributed by atoms with E-state index in [1.165, 1.54) is 18.2 Å². The molecule has 3 aromatic rings. The van der Waals surface area contributed by atoms with E-state index >= 15 is 0 Å². The van der Waals surface area contributed by atoms with Gasteiger partial charge in [0.15, 0.2) is 5.16 Å². The van der Waals surface area contributed by atoms with E-state index in [4.69, 9.17) is 30.5 Å². The molecule has 0 amide bonds. The molecule has 0 radical (unpaired) electrons. The van der Waals surface area contributed by atoms with Crippen molar-refractivity contribution in [3.8, 4) is 5.75 Å². The van der Waals surface area contributed by atoms with Gasteiger partial charge in [-0.15, -0.1) is 0 Å². The molecule has 2 aromatic carbocycles. The van der Waals surface area contributed by atoms with Gasteiger partial charge < -0.3 is 23.8 Å². The van der Waals surface area contributed by atoms with Crippen molar-refractivity contribution >= 4 is 35.0 Å². The van der Waals surface area contributed by atoms with Crippen LogP contribution >= 0.6 is 23.4 Å². The van der Waals surface area contributed by atoms with E-state index in [9.17, 15) is 4.79 Å². The summed E-state index contributed by atoms with van der Waals surface area (Å²) in [5.41, 5.74) is 4.00. The summed E-state index contributed by atoms with van der Waals surface area (Å²) in [6, 6.07) is 13.9. The van der Waals surface area contributed by atoms with Crippen LogP contribution < -0.4 is 9.64 Å². The van der Waals surface area contributed by atoms with Gasteiger partial charge in [-0.1, -0.05) is 29.4 Å². The molecule has 1 aromatic heterocycles. The molecule has 0 bridgehead atoms. The molecule has 2 aliphatic carbocycles. The minimum absolute atomic E-state index is 0.104. The Labute approximate surface area is 286 Å². The summed E-state index contributed by atoms with van der Waals surface area (Å²) in [5, 5.41) is 1.57. The van der Waals surface area contributed by atoms with E-state index in [2.05, 4.69) is 33.9 Å². The zero-order valence-corrected chi connectivity index (χ0v) is 28.8. The van der Waals surface area contributed by atoms with E-state index in [1.807, 2.05) is 30.3 Å². The molecule has 7 rings (SSSR count). The fraction of sp³-hybridized carbons (Fsp3) is 0.541. The van der Waals surface area contributed by atoms with Crippen LogP contribution in [0.25, 0.3) is 0 Å². The fourth-order valence-corrected chi connectivity index (χ4v) is 9.02. The highest BCUT2D eigenvalue weighted by molar-refractivity contribution is 7.99. The number of aromatic nitrogens is 2. The highest BCUT2D eigenvalue weighted by atomic mass is 35.5. The highest BCUT2D eigenvalue weighted by Crippen LogP contribution is 2.47. The monoisotopic (exact) mass is 677 g/mol. The number of esters is 1. The largest absolute Gasteiger partial charge is 0.490 e. The molecule has 250 valence electrons. The maximum Gasteiger partial charge on any atom is 0.337 e. The summed E-state index contributed by atoms with van der Waals surface area (Å²) in [6.07, 6.45) is 11.3. The Morgan fingerprint density at radius 2 is 2.04 bits per heavy atom. The van der Waals surface area contributed by atoms with Crippen molar-refractivity contribution in [2.24, 2.45) is 11.8 Å². The number of benzene rings is 2. The molecule has 0 N–H and O–H groups in total. The van der Waals surface area contributed by atoms with Crippen molar-refractivity contribution in [2.45, 2.75) is 80.8 Å². The molecule has 2 aliphatic heterocycles. The molecule has 0 unspecified atom stereocenters. The van der Waals surface area contributed by atoms with E-state index in [1.54, 1.807) is 24.2 Å². The van der Waals surface area contributed by atoms with Crippen molar-refractivity contribution in [3.63, 3.8) is 0 Å². The lowest BCUT2D eigenvalue weighted by molar-refractivity contribution is -0.126. The van der Waals surface area contributed by atoms with E-state index < -0.39 is 0 Å². The minimum atomic E-state index is -0.337. The number of methoxy groups -OCH3 is 1. The van der Waals surface area contributed by atoms with Gasteiger partial charge in [-0.05, 0) is 105 Å². The van der Waals surface area contributed by atoms with Crippen LogP contribution in [-0.2, 0) is 26.0 Å². The number of hydrogen-bond acceptors (Lipinski definition) is 9. The molecule has 1 spiro atoms. The van der Waals surface area contributed by atoms with Crippen LogP contribution in [0.3, 0.4) is 0 Å². The average Bonchev–Trinajstić information content (AvgIpc) is 3.22. The second kappa shape index (κ2) is 14.3. The summed E-state index contributed by atoms with van der Waals surface area (Å²) >= 11 is 8.09. The average molecular weight is 678 g/mol. The van der Waals surface area contributed by atoms with Crippen molar-refractivity contribution < 1.29 is 23.7 Å². The van der Waals surface area contributed by atoms with E-state index in [0.29, 0.717) is 24.0 Å². The quantitative estimate of drug-likeness (QED) is 0.133. The number of thioether (sulfide) groups is 1. The smallest absolute Gasteiger partial charge is 0.337 e. The Hall–Kier alpha value is -2.85.